The molecular weight excluding hydrogens is 267 g/mol. The Morgan fingerprint density at radius 2 is 1.95 bits per heavy atom. The van der Waals surface area contributed by atoms with E-state index in [0.717, 1.165) is 63.8 Å². The molecule has 3 rings (SSSR count). The Kier molecular flexibility index (Phi) is 4.45. The largest absolute Gasteiger partial charge is 0.390 e. The van der Waals surface area contributed by atoms with Crippen LogP contribution in [-0.2, 0) is 0 Å². The minimum Gasteiger partial charge on any atom is -0.390 e. The quantitative estimate of drug-likeness (QED) is 0.876. The third-order valence-corrected chi connectivity index (χ3v) is 4.94. The van der Waals surface area contributed by atoms with Gasteiger partial charge in [0.05, 0.1) is 5.60 Å². The van der Waals surface area contributed by atoms with Crippen LogP contribution in [0.3, 0.4) is 0 Å². The first-order valence-corrected chi connectivity index (χ1v) is 8.11. The van der Waals surface area contributed by atoms with Gasteiger partial charge in [0, 0.05) is 24.8 Å². The minimum absolute atomic E-state index is 0.183. The van der Waals surface area contributed by atoms with Crippen LogP contribution in [0.2, 0.25) is 0 Å². The fourth-order valence-electron chi connectivity index (χ4n) is 3.61. The van der Waals surface area contributed by atoms with Gasteiger partial charge in [-0.25, -0.2) is 4.39 Å². The summed E-state index contributed by atoms with van der Waals surface area (Å²) < 4.78 is 12.9. The van der Waals surface area contributed by atoms with Crippen LogP contribution in [0.15, 0.2) is 24.3 Å². The summed E-state index contributed by atoms with van der Waals surface area (Å²) in [6.07, 6.45) is 6.22. The van der Waals surface area contributed by atoms with Crippen molar-refractivity contribution in [1.29, 1.82) is 0 Å². The Morgan fingerprint density at radius 1 is 1.24 bits per heavy atom. The molecule has 1 aromatic rings. The summed E-state index contributed by atoms with van der Waals surface area (Å²) in [7, 11) is 0. The summed E-state index contributed by atoms with van der Waals surface area (Å²) in [6, 6.07) is 7.20. The van der Waals surface area contributed by atoms with Gasteiger partial charge < -0.3 is 15.3 Å². The number of anilines is 1. The van der Waals surface area contributed by atoms with E-state index in [1.54, 1.807) is 0 Å². The summed E-state index contributed by atoms with van der Waals surface area (Å²) in [5, 5.41) is 13.9. The molecule has 4 heteroatoms. The SMILES string of the molecule is OC1(CCN[C@@H]2CCN(c3ccc(F)cc3)C2)CCCC1. The van der Waals surface area contributed by atoms with Crippen LogP contribution >= 0.6 is 0 Å². The Balaban J connectivity index is 1.43. The van der Waals surface area contributed by atoms with Crippen LogP contribution in [0.4, 0.5) is 10.1 Å². The first-order valence-electron chi connectivity index (χ1n) is 8.11. The maximum absolute atomic E-state index is 12.9. The minimum atomic E-state index is -0.414. The topological polar surface area (TPSA) is 35.5 Å². The van der Waals surface area contributed by atoms with E-state index in [-0.39, 0.29) is 5.82 Å². The van der Waals surface area contributed by atoms with Gasteiger partial charge in [-0.05, 0) is 56.5 Å². The standard InChI is InChI=1S/C17H25FN2O/c18-14-3-5-16(6-4-14)20-12-7-15(13-20)19-11-10-17(21)8-1-2-9-17/h3-6,15,19,21H,1-2,7-13H2/t15-/m1/s1. The molecular formula is C17H25FN2O. The lowest BCUT2D eigenvalue weighted by Gasteiger charge is -2.23. The van der Waals surface area contributed by atoms with Crippen LogP contribution in [0.25, 0.3) is 0 Å². The van der Waals surface area contributed by atoms with Gasteiger partial charge in [-0.1, -0.05) is 12.8 Å². The highest BCUT2D eigenvalue weighted by atomic mass is 19.1. The van der Waals surface area contributed by atoms with E-state index in [0.29, 0.717) is 6.04 Å². The van der Waals surface area contributed by atoms with Gasteiger partial charge in [-0.15, -0.1) is 0 Å². The monoisotopic (exact) mass is 292 g/mol. The third-order valence-electron chi connectivity index (χ3n) is 4.94. The smallest absolute Gasteiger partial charge is 0.123 e. The van der Waals surface area contributed by atoms with Crippen LogP contribution in [0.5, 0.6) is 0 Å². The molecule has 1 aliphatic carbocycles. The molecule has 1 saturated heterocycles. The average molecular weight is 292 g/mol. The molecule has 0 unspecified atom stereocenters. The zero-order valence-corrected chi connectivity index (χ0v) is 12.5. The molecule has 1 aliphatic heterocycles. The molecule has 2 aliphatic rings. The molecule has 0 bridgehead atoms. The number of hydrogen-bond donors (Lipinski definition) is 2. The van der Waals surface area contributed by atoms with Gasteiger partial charge in [-0.2, -0.15) is 0 Å². The zero-order valence-electron chi connectivity index (χ0n) is 12.5. The number of rotatable bonds is 5. The van der Waals surface area contributed by atoms with Crippen LogP contribution < -0.4 is 10.2 Å². The number of nitrogens with zero attached hydrogens (tertiary/aromatic N) is 1. The molecule has 0 radical (unpaired) electrons. The first-order chi connectivity index (χ1) is 10.1. The molecule has 21 heavy (non-hydrogen) atoms. The van der Waals surface area contributed by atoms with E-state index in [2.05, 4.69) is 10.2 Å². The number of halogens is 1. The first kappa shape index (κ1) is 14.8. The Hall–Kier alpha value is -1.13. The predicted octanol–water partition coefficient (Wildman–Crippen LogP) is 2.69. The maximum atomic E-state index is 12.9. The van der Waals surface area contributed by atoms with Crippen molar-refractivity contribution in [2.75, 3.05) is 24.5 Å². The molecule has 2 N–H and O–H groups in total. The van der Waals surface area contributed by atoms with Crippen LogP contribution in [0, 0.1) is 5.82 Å². The van der Waals surface area contributed by atoms with Gasteiger partial charge in [0.15, 0.2) is 0 Å². The van der Waals surface area contributed by atoms with E-state index in [4.69, 9.17) is 0 Å². The van der Waals surface area contributed by atoms with Crippen molar-refractivity contribution in [2.45, 2.75) is 50.2 Å². The molecule has 0 amide bonds. The van der Waals surface area contributed by atoms with Gasteiger partial charge in [0.1, 0.15) is 5.82 Å². The Bertz CT molecular complexity index is 456. The van der Waals surface area contributed by atoms with Crippen LogP contribution in [0.1, 0.15) is 38.5 Å². The molecule has 0 spiro atoms. The second-order valence-electron chi connectivity index (χ2n) is 6.54. The van der Waals surface area contributed by atoms with Gasteiger partial charge in [-0.3, -0.25) is 0 Å². The summed E-state index contributed by atoms with van der Waals surface area (Å²) in [4.78, 5) is 2.29. The average Bonchev–Trinajstić information content (AvgIpc) is 3.10. The number of hydrogen-bond acceptors (Lipinski definition) is 3. The lowest BCUT2D eigenvalue weighted by Crippen LogP contribution is -2.37. The molecule has 2 fully saturated rings. The normalized spacial score (nSPS) is 24.7. The summed E-state index contributed by atoms with van der Waals surface area (Å²) in [5.74, 6) is -0.183. The highest BCUT2D eigenvalue weighted by molar-refractivity contribution is 5.47. The number of nitrogens with one attached hydrogen (secondary N) is 1. The molecule has 3 nitrogen and oxygen atoms in total. The van der Waals surface area contributed by atoms with Gasteiger partial charge in [0.2, 0.25) is 0 Å². The van der Waals surface area contributed by atoms with E-state index in [1.165, 1.54) is 12.1 Å². The molecule has 1 heterocycles. The van der Waals surface area contributed by atoms with E-state index in [9.17, 15) is 9.50 Å². The van der Waals surface area contributed by atoms with Crippen LogP contribution in [-0.4, -0.2) is 36.4 Å². The summed E-state index contributed by atoms with van der Waals surface area (Å²) in [6.45, 7) is 2.86. The van der Waals surface area contributed by atoms with Gasteiger partial charge >= 0.3 is 0 Å². The predicted molar refractivity (Wildman–Crippen MR) is 83.1 cm³/mol. The molecule has 1 aromatic carbocycles. The fraction of sp³-hybridized carbons (Fsp3) is 0.647. The van der Waals surface area contributed by atoms with Gasteiger partial charge in [0.25, 0.3) is 0 Å². The number of aliphatic hydroxyl groups is 1. The lowest BCUT2D eigenvalue weighted by molar-refractivity contribution is 0.0386. The Morgan fingerprint density at radius 3 is 2.67 bits per heavy atom. The lowest BCUT2D eigenvalue weighted by atomic mass is 9.98. The van der Waals surface area contributed by atoms with Crippen molar-refractivity contribution in [2.24, 2.45) is 0 Å². The van der Waals surface area contributed by atoms with Crippen molar-refractivity contribution in [1.82, 2.24) is 5.32 Å². The summed E-state index contributed by atoms with van der Waals surface area (Å²) in [5.41, 5.74) is 0.678. The highest BCUT2D eigenvalue weighted by Gasteiger charge is 2.31. The van der Waals surface area contributed by atoms with Crippen molar-refractivity contribution >= 4 is 5.69 Å². The zero-order chi connectivity index (χ0) is 14.7. The van der Waals surface area contributed by atoms with Crippen molar-refractivity contribution < 1.29 is 9.50 Å². The van der Waals surface area contributed by atoms with Crippen molar-refractivity contribution in [3.8, 4) is 0 Å². The van der Waals surface area contributed by atoms with E-state index < -0.39 is 5.60 Å². The molecule has 0 aromatic heterocycles. The van der Waals surface area contributed by atoms with Crippen molar-refractivity contribution in [3.63, 3.8) is 0 Å². The summed E-state index contributed by atoms with van der Waals surface area (Å²) >= 11 is 0. The van der Waals surface area contributed by atoms with E-state index >= 15 is 0 Å². The second kappa shape index (κ2) is 6.32. The number of benzene rings is 1. The highest BCUT2D eigenvalue weighted by Crippen LogP contribution is 2.32. The molecule has 1 atom stereocenters. The maximum Gasteiger partial charge on any atom is 0.123 e. The van der Waals surface area contributed by atoms with E-state index in [1.807, 2.05) is 12.1 Å². The second-order valence-corrected chi connectivity index (χ2v) is 6.54. The third kappa shape index (κ3) is 3.74. The molecule has 1 saturated carbocycles. The Labute approximate surface area is 126 Å². The fourth-order valence-corrected chi connectivity index (χ4v) is 3.61. The van der Waals surface area contributed by atoms with Crippen molar-refractivity contribution in [3.05, 3.63) is 30.1 Å². The molecule has 116 valence electrons.